The number of hydrogen-bond donors (Lipinski definition) is 2. The van der Waals surface area contributed by atoms with Gasteiger partial charge in [0.2, 0.25) is 0 Å². The van der Waals surface area contributed by atoms with Crippen molar-refractivity contribution in [2.75, 3.05) is 4.72 Å². The number of carboxylic acids is 1. The summed E-state index contributed by atoms with van der Waals surface area (Å²) in [5, 5.41) is 14.0. The second-order valence-corrected chi connectivity index (χ2v) is 8.28. The van der Waals surface area contributed by atoms with E-state index in [9.17, 15) is 13.2 Å². The highest BCUT2D eigenvalue weighted by molar-refractivity contribution is 7.92. The van der Waals surface area contributed by atoms with Gasteiger partial charge in [-0.25, -0.2) is 8.42 Å². The summed E-state index contributed by atoms with van der Waals surface area (Å²) < 4.78 is 29.7. The zero-order chi connectivity index (χ0) is 19.6. The predicted molar refractivity (Wildman–Crippen MR) is 103 cm³/mol. The molecule has 27 heavy (non-hydrogen) atoms. The van der Waals surface area contributed by atoms with Crippen molar-refractivity contribution in [1.29, 1.82) is 0 Å². The Kier molecular flexibility index (Phi) is 5.18. The van der Waals surface area contributed by atoms with Crippen LogP contribution in [0.15, 0.2) is 53.6 Å². The molecule has 0 amide bonds. The molecule has 3 rings (SSSR count). The van der Waals surface area contributed by atoms with E-state index in [4.69, 9.17) is 5.11 Å². The highest BCUT2D eigenvalue weighted by atomic mass is 32.2. The third-order valence-electron chi connectivity index (χ3n) is 4.20. The maximum Gasteiger partial charge on any atom is 0.303 e. The zero-order valence-electron chi connectivity index (χ0n) is 15.1. The minimum Gasteiger partial charge on any atom is -0.481 e. The van der Waals surface area contributed by atoms with Crippen LogP contribution in [0.3, 0.4) is 0 Å². The largest absolute Gasteiger partial charge is 0.481 e. The molecular formula is C19H21N3O4S. The van der Waals surface area contributed by atoms with Gasteiger partial charge in [-0.15, -0.1) is 0 Å². The van der Waals surface area contributed by atoms with Crippen molar-refractivity contribution in [3.8, 4) is 0 Å². The number of benzene rings is 2. The minimum atomic E-state index is -3.74. The van der Waals surface area contributed by atoms with Gasteiger partial charge in [0.1, 0.15) is 0 Å². The monoisotopic (exact) mass is 387 g/mol. The first-order valence-electron chi connectivity index (χ1n) is 8.57. The van der Waals surface area contributed by atoms with Crippen molar-refractivity contribution in [3.63, 3.8) is 0 Å². The van der Waals surface area contributed by atoms with Gasteiger partial charge in [-0.05, 0) is 56.2 Å². The van der Waals surface area contributed by atoms with Gasteiger partial charge in [0, 0.05) is 17.8 Å². The molecule has 142 valence electrons. The van der Waals surface area contributed by atoms with Crippen LogP contribution in [-0.2, 0) is 21.2 Å². The predicted octanol–water partition coefficient (Wildman–Crippen LogP) is 3.44. The number of hydrogen-bond acceptors (Lipinski definition) is 4. The Labute approximate surface area is 157 Å². The molecule has 0 unspecified atom stereocenters. The van der Waals surface area contributed by atoms with Crippen molar-refractivity contribution >= 4 is 32.6 Å². The first-order chi connectivity index (χ1) is 12.8. The summed E-state index contributed by atoms with van der Waals surface area (Å²) in [6.45, 7) is 4.02. The summed E-state index contributed by atoms with van der Waals surface area (Å²) in [5.74, 6) is -0.885. The third-order valence-corrected chi connectivity index (χ3v) is 5.60. The fourth-order valence-corrected chi connectivity index (χ4v) is 3.86. The molecule has 7 nitrogen and oxygen atoms in total. The molecule has 0 radical (unpaired) electrons. The average Bonchev–Trinajstić information content (AvgIpc) is 3.03. The molecule has 0 fully saturated rings. The van der Waals surface area contributed by atoms with Gasteiger partial charge in [0.05, 0.1) is 22.3 Å². The Morgan fingerprint density at radius 3 is 2.52 bits per heavy atom. The molecule has 0 aliphatic heterocycles. The normalized spacial score (nSPS) is 11.8. The van der Waals surface area contributed by atoms with Crippen LogP contribution in [0.5, 0.6) is 0 Å². The molecule has 2 N–H and O–H groups in total. The number of rotatable bonds is 7. The van der Waals surface area contributed by atoms with Crippen molar-refractivity contribution in [2.24, 2.45) is 0 Å². The van der Waals surface area contributed by atoms with E-state index in [-0.39, 0.29) is 17.4 Å². The summed E-state index contributed by atoms with van der Waals surface area (Å²) in [4.78, 5) is 10.8. The molecule has 0 aliphatic rings. The Bertz CT molecular complexity index is 1070. The van der Waals surface area contributed by atoms with Gasteiger partial charge >= 0.3 is 5.97 Å². The maximum absolute atomic E-state index is 12.6. The molecule has 0 saturated heterocycles. The van der Waals surface area contributed by atoms with Crippen LogP contribution in [0.25, 0.3) is 10.9 Å². The summed E-state index contributed by atoms with van der Waals surface area (Å²) in [5.41, 5.74) is 2.09. The lowest BCUT2D eigenvalue weighted by Gasteiger charge is -2.11. The number of aromatic nitrogens is 2. The van der Waals surface area contributed by atoms with Crippen molar-refractivity contribution in [2.45, 2.75) is 37.6 Å². The highest BCUT2D eigenvalue weighted by Gasteiger charge is 2.15. The van der Waals surface area contributed by atoms with Crippen molar-refractivity contribution in [3.05, 3.63) is 54.2 Å². The maximum atomic E-state index is 12.6. The van der Waals surface area contributed by atoms with E-state index in [0.29, 0.717) is 12.1 Å². The summed E-state index contributed by atoms with van der Waals surface area (Å²) >= 11 is 0. The van der Waals surface area contributed by atoms with Gasteiger partial charge in [-0.1, -0.05) is 12.1 Å². The number of aryl methyl sites for hydroxylation is 1. The second-order valence-electron chi connectivity index (χ2n) is 6.60. The van der Waals surface area contributed by atoms with Gasteiger partial charge in [-0.2, -0.15) is 5.10 Å². The molecule has 3 aromatic rings. The van der Waals surface area contributed by atoms with Gasteiger partial charge in [0.25, 0.3) is 10.0 Å². The van der Waals surface area contributed by atoms with Crippen LogP contribution in [0, 0.1) is 0 Å². The van der Waals surface area contributed by atoms with Crippen molar-refractivity contribution in [1.82, 2.24) is 9.78 Å². The molecule has 0 saturated carbocycles. The molecule has 0 aliphatic carbocycles. The average molecular weight is 387 g/mol. The van der Waals surface area contributed by atoms with E-state index >= 15 is 0 Å². The molecule has 1 aromatic heterocycles. The third kappa shape index (κ3) is 4.28. The molecule has 0 bridgehead atoms. The van der Waals surface area contributed by atoms with Gasteiger partial charge < -0.3 is 5.11 Å². The number of carboxylic acid groups (broad SMARTS) is 1. The lowest BCUT2D eigenvalue weighted by molar-refractivity contribution is -0.136. The molecule has 0 spiro atoms. The van der Waals surface area contributed by atoms with E-state index in [1.165, 1.54) is 12.1 Å². The van der Waals surface area contributed by atoms with Crippen LogP contribution < -0.4 is 4.72 Å². The van der Waals surface area contributed by atoms with Gasteiger partial charge in [0.15, 0.2) is 0 Å². The Hall–Kier alpha value is -2.87. The van der Waals surface area contributed by atoms with Crippen LogP contribution in [0.2, 0.25) is 0 Å². The number of anilines is 1. The molecule has 2 aromatic carbocycles. The summed E-state index contributed by atoms with van der Waals surface area (Å²) in [6.07, 6.45) is 2.12. The highest BCUT2D eigenvalue weighted by Crippen LogP contribution is 2.24. The smallest absolute Gasteiger partial charge is 0.303 e. The molecule has 1 heterocycles. The first kappa shape index (κ1) is 18.9. The fourth-order valence-electron chi connectivity index (χ4n) is 2.81. The zero-order valence-corrected chi connectivity index (χ0v) is 15.9. The van der Waals surface area contributed by atoms with Crippen LogP contribution in [0.4, 0.5) is 5.69 Å². The molecular weight excluding hydrogens is 366 g/mol. The second kappa shape index (κ2) is 7.40. The summed E-state index contributed by atoms with van der Waals surface area (Å²) in [6, 6.07) is 11.7. The number of aliphatic carboxylic acids is 1. The first-order valence-corrected chi connectivity index (χ1v) is 10.1. The fraction of sp³-hybridized carbons (Fsp3) is 0.263. The van der Waals surface area contributed by atoms with E-state index in [0.717, 1.165) is 16.5 Å². The van der Waals surface area contributed by atoms with E-state index in [1.54, 1.807) is 30.5 Å². The SMILES string of the molecule is CC(C)n1ncc2ccc(NS(=O)(=O)c3ccc(CCC(=O)O)cc3)cc21. The number of nitrogens with zero attached hydrogens (tertiary/aromatic N) is 2. The number of sulfonamides is 1. The van der Waals surface area contributed by atoms with Gasteiger partial charge in [-0.3, -0.25) is 14.2 Å². The topological polar surface area (TPSA) is 101 Å². The summed E-state index contributed by atoms with van der Waals surface area (Å²) in [7, 11) is -3.74. The van der Waals surface area contributed by atoms with Crippen molar-refractivity contribution < 1.29 is 18.3 Å². The number of carbonyl (C=O) groups is 1. The quantitative estimate of drug-likeness (QED) is 0.647. The van der Waals surface area contributed by atoms with Crippen LogP contribution in [-0.4, -0.2) is 29.3 Å². The number of fused-ring (bicyclic) bond motifs is 1. The minimum absolute atomic E-state index is 0.00783. The Morgan fingerprint density at radius 2 is 1.89 bits per heavy atom. The lowest BCUT2D eigenvalue weighted by atomic mass is 10.1. The standard InChI is InChI=1S/C19H21N3O4S/c1-13(2)22-18-11-16(7-6-15(18)12-20-22)21-27(25,26)17-8-3-14(4-9-17)5-10-19(23)24/h3-4,6-9,11-13,21H,5,10H2,1-2H3,(H,23,24). The van der Waals surface area contributed by atoms with Crippen LogP contribution in [0.1, 0.15) is 31.9 Å². The molecule has 8 heteroatoms. The van der Waals surface area contributed by atoms with E-state index in [2.05, 4.69) is 9.82 Å². The number of nitrogens with one attached hydrogen (secondary N) is 1. The van der Waals surface area contributed by atoms with E-state index in [1.807, 2.05) is 24.6 Å². The lowest BCUT2D eigenvalue weighted by Crippen LogP contribution is -2.13. The molecule has 0 atom stereocenters. The Morgan fingerprint density at radius 1 is 1.19 bits per heavy atom. The van der Waals surface area contributed by atoms with Crippen LogP contribution >= 0.6 is 0 Å². The Balaban J connectivity index is 1.82. The van der Waals surface area contributed by atoms with E-state index < -0.39 is 16.0 Å².